The Balaban J connectivity index is -0.000000529. The standard InChI is InChI=1S/C13H21NO.2C2H6.H2/c1-3-6-12-7-4-5-8-13(9-12)15-11(2)10-14;2*1-2;/h4,7-9,11H,3,5-6,10,14H2,1-2H3;2*1-2H3;1H/t11-;;;/m0.../s1. The maximum Gasteiger partial charge on any atom is 0.116 e. The Labute approximate surface area is 121 Å². The van der Waals surface area contributed by atoms with Crippen molar-refractivity contribution in [3.05, 3.63) is 35.6 Å². The van der Waals surface area contributed by atoms with Crippen LogP contribution in [0.25, 0.3) is 0 Å². The molecule has 19 heavy (non-hydrogen) atoms. The molecule has 0 saturated heterocycles. The van der Waals surface area contributed by atoms with Crippen LogP contribution in [0.15, 0.2) is 35.6 Å². The molecule has 1 rings (SSSR count). The molecule has 0 saturated carbocycles. The second-order valence-electron chi connectivity index (χ2n) is 3.88. The fraction of sp³-hybridized carbons (Fsp3) is 0.647. The molecule has 0 aliphatic heterocycles. The molecule has 0 fully saturated rings. The van der Waals surface area contributed by atoms with E-state index in [9.17, 15) is 0 Å². The van der Waals surface area contributed by atoms with Crippen molar-refractivity contribution in [3.63, 3.8) is 0 Å². The highest BCUT2D eigenvalue weighted by molar-refractivity contribution is 5.30. The highest BCUT2D eigenvalue weighted by Crippen LogP contribution is 2.17. The zero-order chi connectivity index (χ0) is 15.1. The maximum absolute atomic E-state index is 5.72. The molecule has 2 nitrogen and oxygen atoms in total. The van der Waals surface area contributed by atoms with Crippen LogP contribution in [0.5, 0.6) is 0 Å². The van der Waals surface area contributed by atoms with Gasteiger partial charge in [0.2, 0.25) is 0 Å². The van der Waals surface area contributed by atoms with Gasteiger partial charge in [0.05, 0.1) is 0 Å². The summed E-state index contributed by atoms with van der Waals surface area (Å²) in [5.74, 6) is 0.960. The van der Waals surface area contributed by atoms with E-state index in [1.165, 1.54) is 5.57 Å². The van der Waals surface area contributed by atoms with Crippen molar-refractivity contribution in [2.45, 2.75) is 66.9 Å². The van der Waals surface area contributed by atoms with Crippen LogP contribution in [0.4, 0.5) is 0 Å². The summed E-state index contributed by atoms with van der Waals surface area (Å²) < 4.78 is 5.72. The van der Waals surface area contributed by atoms with Gasteiger partial charge in [0, 0.05) is 7.97 Å². The normalized spacial score (nSPS) is 14.7. The van der Waals surface area contributed by atoms with Gasteiger partial charge < -0.3 is 10.5 Å². The molecular formula is C17H35NO. The van der Waals surface area contributed by atoms with Crippen molar-refractivity contribution < 1.29 is 6.16 Å². The largest absolute Gasteiger partial charge is 0.490 e. The topological polar surface area (TPSA) is 35.2 Å². The summed E-state index contributed by atoms with van der Waals surface area (Å²) in [5, 5.41) is 0. The van der Waals surface area contributed by atoms with Gasteiger partial charge in [0.25, 0.3) is 0 Å². The zero-order valence-corrected chi connectivity index (χ0v) is 13.7. The van der Waals surface area contributed by atoms with Crippen molar-refractivity contribution in [2.24, 2.45) is 5.73 Å². The third kappa shape index (κ3) is 10.6. The number of hydrogen-bond acceptors (Lipinski definition) is 2. The third-order valence-electron chi connectivity index (χ3n) is 2.32. The number of nitrogens with two attached hydrogens (primary N) is 1. The average Bonchev–Trinajstić information content (AvgIpc) is 2.69. The van der Waals surface area contributed by atoms with Gasteiger partial charge in [-0.2, -0.15) is 0 Å². The third-order valence-corrected chi connectivity index (χ3v) is 2.32. The average molecular weight is 269 g/mol. The highest BCUT2D eigenvalue weighted by atomic mass is 16.5. The van der Waals surface area contributed by atoms with E-state index in [4.69, 9.17) is 10.5 Å². The second-order valence-corrected chi connectivity index (χ2v) is 3.88. The Bertz CT molecular complexity index is 283. The Morgan fingerprint density at radius 1 is 1.32 bits per heavy atom. The molecule has 0 spiro atoms. The molecular weight excluding hydrogens is 234 g/mol. The summed E-state index contributed by atoms with van der Waals surface area (Å²) in [4.78, 5) is 0. The van der Waals surface area contributed by atoms with Crippen LogP contribution in [0.3, 0.4) is 0 Å². The number of hydrogen-bond donors (Lipinski definition) is 1. The first-order valence-corrected chi connectivity index (χ1v) is 7.70. The lowest BCUT2D eigenvalue weighted by atomic mass is 10.1. The van der Waals surface area contributed by atoms with Crippen LogP contribution >= 0.6 is 0 Å². The van der Waals surface area contributed by atoms with E-state index in [2.05, 4.69) is 31.2 Å². The lowest BCUT2D eigenvalue weighted by Crippen LogP contribution is -2.19. The first-order chi connectivity index (χ1) is 9.26. The molecule has 0 aromatic rings. The quantitative estimate of drug-likeness (QED) is 0.742. The molecule has 0 radical (unpaired) electrons. The molecule has 1 aliphatic carbocycles. The summed E-state index contributed by atoms with van der Waals surface area (Å²) in [6, 6.07) is 0. The lowest BCUT2D eigenvalue weighted by Gasteiger charge is -2.13. The van der Waals surface area contributed by atoms with Crippen LogP contribution in [-0.2, 0) is 4.74 Å². The van der Waals surface area contributed by atoms with E-state index in [0.717, 1.165) is 25.0 Å². The van der Waals surface area contributed by atoms with Gasteiger partial charge in [-0.05, 0) is 37.5 Å². The van der Waals surface area contributed by atoms with Crippen molar-refractivity contribution in [3.8, 4) is 0 Å². The van der Waals surface area contributed by atoms with E-state index in [1.54, 1.807) is 0 Å². The molecule has 114 valence electrons. The highest BCUT2D eigenvalue weighted by Gasteiger charge is 2.04. The van der Waals surface area contributed by atoms with Crippen LogP contribution in [0.1, 0.15) is 62.2 Å². The molecule has 1 atom stereocenters. The Morgan fingerprint density at radius 3 is 2.47 bits per heavy atom. The van der Waals surface area contributed by atoms with Gasteiger partial charge in [-0.15, -0.1) is 0 Å². The smallest absolute Gasteiger partial charge is 0.116 e. The number of ether oxygens (including phenoxy) is 1. The van der Waals surface area contributed by atoms with Gasteiger partial charge in [0.1, 0.15) is 11.9 Å². The summed E-state index contributed by atoms with van der Waals surface area (Å²) in [6.07, 6.45) is 11.9. The monoisotopic (exact) mass is 269 g/mol. The van der Waals surface area contributed by atoms with Crippen molar-refractivity contribution in [1.29, 1.82) is 0 Å². The number of rotatable bonds is 5. The maximum atomic E-state index is 5.72. The molecule has 0 amide bonds. The lowest BCUT2D eigenvalue weighted by molar-refractivity contribution is 0.147. The van der Waals surface area contributed by atoms with E-state index in [-0.39, 0.29) is 7.53 Å². The molecule has 0 unspecified atom stereocenters. The van der Waals surface area contributed by atoms with Gasteiger partial charge in [0.15, 0.2) is 0 Å². The minimum atomic E-state index is 0. The van der Waals surface area contributed by atoms with Gasteiger partial charge in [-0.25, -0.2) is 0 Å². The van der Waals surface area contributed by atoms with Crippen molar-refractivity contribution in [1.82, 2.24) is 0 Å². The molecule has 0 aromatic heterocycles. The molecule has 2 heteroatoms. The SMILES string of the molecule is CC.CC.CCCC1=CC(O[C@@H](C)CN)=CCC=C1.[HH]. The Morgan fingerprint density at radius 2 is 1.95 bits per heavy atom. The van der Waals surface area contributed by atoms with Gasteiger partial charge >= 0.3 is 0 Å². The fourth-order valence-corrected chi connectivity index (χ4v) is 1.50. The molecule has 2 N–H and O–H groups in total. The van der Waals surface area contributed by atoms with Gasteiger partial charge in [-0.1, -0.05) is 53.2 Å². The van der Waals surface area contributed by atoms with Crippen LogP contribution in [-0.4, -0.2) is 12.6 Å². The molecule has 0 aromatic carbocycles. The number of allylic oxidation sites excluding steroid dienone is 5. The van der Waals surface area contributed by atoms with E-state index < -0.39 is 0 Å². The van der Waals surface area contributed by atoms with E-state index >= 15 is 0 Å². The van der Waals surface area contributed by atoms with Crippen molar-refractivity contribution >= 4 is 0 Å². The van der Waals surface area contributed by atoms with E-state index in [1.807, 2.05) is 34.6 Å². The molecule has 0 bridgehead atoms. The minimum absolute atomic E-state index is 0. The molecule has 0 heterocycles. The van der Waals surface area contributed by atoms with E-state index in [0.29, 0.717) is 6.54 Å². The Hall–Kier alpha value is -1.02. The molecule has 1 aliphatic rings. The first-order valence-electron chi connectivity index (χ1n) is 7.70. The minimum Gasteiger partial charge on any atom is -0.490 e. The summed E-state index contributed by atoms with van der Waals surface area (Å²) >= 11 is 0. The van der Waals surface area contributed by atoms with Crippen LogP contribution in [0, 0.1) is 0 Å². The fourth-order valence-electron chi connectivity index (χ4n) is 1.50. The second kappa shape index (κ2) is 15.0. The summed E-state index contributed by atoms with van der Waals surface area (Å²) in [7, 11) is 0. The zero-order valence-electron chi connectivity index (χ0n) is 13.7. The van der Waals surface area contributed by atoms with Crippen LogP contribution in [0.2, 0.25) is 0 Å². The summed E-state index contributed by atoms with van der Waals surface area (Å²) in [5.41, 5.74) is 6.87. The Kier molecular flexibility index (Phi) is 16.1. The van der Waals surface area contributed by atoms with Gasteiger partial charge in [-0.3, -0.25) is 0 Å². The predicted octanol–water partition coefficient (Wildman–Crippen LogP) is 5.22. The summed E-state index contributed by atoms with van der Waals surface area (Å²) in [6.45, 7) is 12.7. The van der Waals surface area contributed by atoms with Crippen LogP contribution < -0.4 is 5.73 Å². The predicted molar refractivity (Wildman–Crippen MR) is 89.2 cm³/mol. The van der Waals surface area contributed by atoms with Crippen molar-refractivity contribution in [2.75, 3.05) is 6.54 Å². The first kappa shape index (κ1) is 20.3.